The molecule has 0 spiro atoms. The van der Waals surface area contributed by atoms with Crippen LogP contribution in [0.4, 0.5) is 0 Å². The van der Waals surface area contributed by atoms with E-state index in [1.807, 2.05) is 42.5 Å². The fourth-order valence-electron chi connectivity index (χ4n) is 2.65. The molecule has 6 heteroatoms. The van der Waals surface area contributed by atoms with Gasteiger partial charge in [0.25, 0.3) is 5.91 Å². The van der Waals surface area contributed by atoms with Crippen LogP contribution in [0.2, 0.25) is 0 Å². The number of aromatic nitrogens is 2. The highest BCUT2D eigenvalue weighted by molar-refractivity contribution is 5.78. The molecule has 0 aliphatic carbocycles. The van der Waals surface area contributed by atoms with E-state index in [4.69, 9.17) is 9.15 Å². The molecule has 0 fully saturated rings. The molecular weight excluding hydrogens is 330 g/mol. The highest BCUT2D eigenvalue weighted by Gasteiger charge is 2.18. The molecule has 0 radical (unpaired) electrons. The standard InChI is InChI=1S/C20H21N3O3/c1-14(2)19(15-6-4-3-5-7-15)22-18(24)12-25-17-10-8-16(9-11-17)20-23-21-13-26-20/h3-11,13-14,19H,12H2,1-2H3,(H,22,24). The summed E-state index contributed by atoms with van der Waals surface area (Å²) in [4.78, 5) is 12.3. The van der Waals surface area contributed by atoms with Crippen molar-refractivity contribution in [1.29, 1.82) is 0 Å². The molecule has 1 amide bonds. The van der Waals surface area contributed by atoms with Gasteiger partial charge in [0.05, 0.1) is 6.04 Å². The van der Waals surface area contributed by atoms with E-state index < -0.39 is 0 Å². The smallest absolute Gasteiger partial charge is 0.258 e. The Labute approximate surface area is 152 Å². The number of nitrogens with zero attached hydrogens (tertiary/aromatic N) is 2. The van der Waals surface area contributed by atoms with Crippen molar-refractivity contribution in [1.82, 2.24) is 15.5 Å². The first-order chi connectivity index (χ1) is 12.6. The number of rotatable bonds is 7. The number of hydrogen-bond acceptors (Lipinski definition) is 5. The predicted molar refractivity (Wildman–Crippen MR) is 97.4 cm³/mol. The molecule has 0 aliphatic heterocycles. The second kappa shape index (κ2) is 8.29. The van der Waals surface area contributed by atoms with Crippen LogP contribution in [0.15, 0.2) is 65.4 Å². The lowest BCUT2D eigenvalue weighted by molar-refractivity contribution is -0.124. The van der Waals surface area contributed by atoms with Crippen molar-refractivity contribution in [3.63, 3.8) is 0 Å². The van der Waals surface area contributed by atoms with E-state index in [0.717, 1.165) is 11.1 Å². The minimum absolute atomic E-state index is 0.0457. The minimum atomic E-state index is -0.159. The highest BCUT2D eigenvalue weighted by Crippen LogP contribution is 2.22. The summed E-state index contributed by atoms with van der Waals surface area (Å²) >= 11 is 0. The molecule has 1 N–H and O–H groups in total. The molecule has 0 bridgehead atoms. The second-order valence-corrected chi connectivity index (χ2v) is 6.26. The fourth-order valence-corrected chi connectivity index (χ4v) is 2.65. The summed E-state index contributed by atoms with van der Waals surface area (Å²) in [5, 5.41) is 10.5. The zero-order valence-electron chi connectivity index (χ0n) is 14.8. The molecule has 3 rings (SSSR count). The normalized spacial score (nSPS) is 12.0. The predicted octanol–water partition coefficient (Wildman–Crippen LogP) is 3.63. The average Bonchev–Trinajstić information content (AvgIpc) is 3.20. The highest BCUT2D eigenvalue weighted by atomic mass is 16.5. The second-order valence-electron chi connectivity index (χ2n) is 6.26. The quantitative estimate of drug-likeness (QED) is 0.703. The van der Waals surface area contributed by atoms with Crippen LogP contribution in [-0.2, 0) is 4.79 Å². The fraction of sp³-hybridized carbons (Fsp3) is 0.250. The van der Waals surface area contributed by atoms with Crippen LogP contribution in [0.5, 0.6) is 5.75 Å². The first-order valence-corrected chi connectivity index (χ1v) is 8.47. The Morgan fingerprint density at radius 3 is 2.46 bits per heavy atom. The molecule has 1 unspecified atom stereocenters. The van der Waals surface area contributed by atoms with Gasteiger partial charge in [0.2, 0.25) is 12.3 Å². The largest absolute Gasteiger partial charge is 0.484 e. The summed E-state index contributed by atoms with van der Waals surface area (Å²) in [6, 6.07) is 17.0. The van der Waals surface area contributed by atoms with Crippen LogP contribution in [-0.4, -0.2) is 22.7 Å². The number of amides is 1. The van der Waals surface area contributed by atoms with Gasteiger partial charge in [-0.05, 0) is 35.7 Å². The van der Waals surface area contributed by atoms with E-state index in [1.54, 1.807) is 12.1 Å². The zero-order chi connectivity index (χ0) is 18.4. The summed E-state index contributed by atoms with van der Waals surface area (Å²) in [5.74, 6) is 1.16. The molecule has 1 aromatic heterocycles. The number of hydrogen-bond donors (Lipinski definition) is 1. The van der Waals surface area contributed by atoms with Crippen molar-refractivity contribution < 1.29 is 13.9 Å². The molecule has 26 heavy (non-hydrogen) atoms. The molecule has 0 aliphatic rings. The van der Waals surface area contributed by atoms with Gasteiger partial charge >= 0.3 is 0 Å². The molecule has 0 saturated heterocycles. The van der Waals surface area contributed by atoms with E-state index >= 15 is 0 Å². The van der Waals surface area contributed by atoms with Crippen LogP contribution >= 0.6 is 0 Å². The van der Waals surface area contributed by atoms with Crippen molar-refractivity contribution in [2.75, 3.05) is 6.61 Å². The number of nitrogens with one attached hydrogen (secondary N) is 1. The molecule has 6 nitrogen and oxygen atoms in total. The van der Waals surface area contributed by atoms with Gasteiger partial charge in [-0.25, -0.2) is 0 Å². The molecule has 1 heterocycles. The SMILES string of the molecule is CC(C)C(NC(=O)COc1ccc(-c2nnco2)cc1)c1ccccc1. The third-order valence-electron chi connectivity index (χ3n) is 3.97. The first kappa shape index (κ1) is 17.7. The molecular formula is C20H21N3O3. The molecule has 0 saturated carbocycles. The summed E-state index contributed by atoms with van der Waals surface area (Å²) in [5.41, 5.74) is 1.88. The van der Waals surface area contributed by atoms with E-state index in [2.05, 4.69) is 29.4 Å². The van der Waals surface area contributed by atoms with Gasteiger partial charge in [0.1, 0.15) is 5.75 Å². The van der Waals surface area contributed by atoms with Gasteiger partial charge in [-0.3, -0.25) is 4.79 Å². The third kappa shape index (κ3) is 4.47. The van der Waals surface area contributed by atoms with Gasteiger partial charge in [0.15, 0.2) is 6.61 Å². The van der Waals surface area contributed by atoms with Crippen LogP contribution in [0.25, 0.3) is 11.5 Å². The number of ether oxygens (including phenoxy) is 1. The molecule has 1 atom stereocenters. The number of carbonyl (C=O) groups excluding carboxylic acids is 1. The van der Waals surface area contributed by atoms with E-state index in [1.165, 1.54) is 6.39 Å². The Bertz CT molecular complexity index is 815. The van der Waals surface area contributed by atoms with Crippen molar-refractivity contribution >= 4 is 5.91 Å². The maximum Gasteiger partial charge on any atom is 0.258 e. The van der Waals surface area contributed by atoms with Crippen LogP contribution < -0.4 is 10.1 Å². The lowest BCUT2D eigenvalue weighted by Crippen LogP contribution is -2.35. The van der Waals surface area contributed by atoms with Crippen LogP contribution in [0, 0.1) is 5.92 Å². The summed E-state index contributed by atoms with van der Waals surface area (Å²) in [7, 11) is 0. The number of carbonyl (C=O) groups is 1. The summed E-state index contributed by atoms with van der Waals surface area (Å²) in [6.45, 7) is 4.11. The molecule has 134 valence electrons. The van der Waals surface area contributed by atoms with Gasteiger partial charge < -0.3 is 14.5 Å². The lowest BCUT2D eigenvalue weighted by Gasteiger charge is -2.23. The lowest BCUT2D eigenvalue weighted by atomic mass is 9.96. The van der Waals surface area contributed by atoms with E-state index in [-0.39, 0.29) is 24.5 Å². The molecule has 3 aromatic rings. The Morgan fingerprint density at radius 2 is 1.85 bits per heavy atom. The Balaban J connectivity index is 1.56. The van der Waals surface area contributed by atoms with Crippen molar-refractivity contribution in [3.8, 4) is 17.2 Å². The summed E-state index contributed by atoms with van der Waals surface area (Å²) in [6.07, 6.45) is 1.28. The minimum Gasteiger partial charge on any atom is -0.484 e. The van der Waals surface area contributed by atoms with Gasteiger partial charge in [-0.2, -0.15) is 0 Å². The monoisotopic (exact) mass is 351 g/mol. The van der Waals surface area contributed by atoms with Crippen molar-refractivity contribution in [3.05, 3.63) is 66.6 Å². The summed E-state index contributed by atoms with van der Waals surface area (Å²) < 4.78 is 10.7. The van der Waals surface area contributed by atoms with Crippen LogP contribution in [0.3, 0.4) is 0 Å². The maximum atomic E-state index is 12.3. The third-order valence-corrected chi connectivity index (χ3v) is 3.97. The topological polar surface area (TPSA) is 77.2 Å². The van der Waals surface area contributed by atoms with E-state index in [9.17, 15) is 4.79 Å². The van der Waals surface area contributed by atoms with Crippen LogP contribution in [0.1, 0.15) is 25.5 Å². The van der Waals surface area contributed by atoms with Crippen molar-refractivity contribution in [2.24, 2.45) is 5.92 Å². The maximum absolute atomic E-state index is 12.3. The Kier molecular flexibility index (Phi) is 5.63. The van der Waals surface area contributed by atoms with Crippen molar-refractivity contribution in [2.45, 2.75) is 19.9 Å². The zero-order valence-corrected chi connectivity index (χ0v) is 14.8. The van der Waals surface area contributed by atoms with Gasteiger partial charge in [-0.15, -0.1) is 10.2 Å². The number of benzene rings is 2. The van der Waals surface area contributed by atoms with Gasteiger partial charge in [0, 0.05) is 5.56 Å². The Hall–Kier alpha value is -3.15. The Morgan fingerprint density at radius 1 is 1.12 bits per heavy atom. The van der Waals surface area contributed by atoms with Gasteiger partial charge in [-0.1, -0.05) is 44.2 Å². The first-order valence-electron chi connectivity index (χ1n) is 8.47. The average molecular weight is 351 g/mol. The van der Waals surface area contributed by atoms with E-state index in [0.29, 0.717) is 11.6 Å². The molecule has 2 aromatic carbocycles.